The van der Waals surface area contributed by atoms with Crippen LogP contribution in [0.25, 0.3) is 0 Å². The Morgan fingerprint density at radius 3 is 2.00 bits per heavy atom. The van der Waals surface area contributed by atoms with Gasteiger partial charge in [-0.3, -0.25) is 4.79 Å². The van der Waals surface area contributed by atoms with Gasteiger partial charge >= 0.3 is 5.97 Å². The van der Waals surface area contributed by atoms with E-state index in [1.54, 1.807) is 0 Å². The van der Waals surface area contributed by atoms with Crippen molar-refractivity contribution in [3.63, 3.8) is 0 Å². The van der Waals surface area contributed by atoms with Crippen molar-refractivity contribution in [2.75, 3.05) is 6.61 Å². The third-order valence-corrected chi connectivity index (χ3v) is 2.41. The lowest BCUT2D eigenvalue weighted by atomic mass is 10.1. The van der Waals surface area contributed by atoms with Crippen molar-refractivity contribution in [3.05, 3.63) is 12.7 Å². The molecule has 0 unspecified atom stereocenters. The predicted molar refractivity (Wildman–Crippen MR) is 72.5 cm³/mol. The maximum atomic E-state index is 10.7. The average molecular weight is 258 g/mol. The van der Waals surface area contributed by atoms with Crippen LogP contribution in [0.2, 0.25) is 0 Å². The lowest BCUT2D eigenvalue weighted by Crippen LogP contribution is -2.01. The van der Waals surface area contributed by atoms with E-state index in [9.17, 15) is 4.79 Å². The molecular formula is C14H26O4. The summed E-state index contributed by atoms with van der Waals surface area (Å²) < 4.78 is 4.88. The summed E-state index contributed by atoms with van der Waals surface area (Å²) in [7, 11) is 0. The zero-order chi connectivity index (χ0) is 14.1. The van der Waals surface area contributed by atoms with Gasteiger partial charge < -0.3 is 9.84 Å². The highest BCUT2D eigenvalue weighted by atomic mass is 16.5. The largest absolute Gasteiger partial charge is 0.483 e. The van der Waals surface area contributed by atoms with Crippen molar-refractivity contribution >= 4 is 12.4 Å². The Kier molecular flexibility index (Phi) is 19.1. The van der Waals surface area contributed by atoms with E-state index in [4.69, 9.17) is 14.6 Å². The first kappa shape index (κ1) is 19.0. The van der Waals surface area contributed by atoms with E-state index in [0.29, 0.717) is 6.61 Å². The molecule has 0 aromatic rings. The van der Waals surface area contributed by atoms with Crippen LogP contribution in [0.3, 0.4) is 0 Å². The van der Waals surface area contributed by atoms with E-state index >= 15 is 0 Å². The third kappa shape index (κ3) is 20.1. The molecule has 0 rings (SSSR count). The number of ether oxygens (including phenoxy) is 1. The smallest absolute Gasteiger partial charge is 0.330 e. The second kappa shape index (κ2) is 18.1. The van der Waals surface area contributed by atoms with Crippen LogP contribution in [0.4, 0.5) is 0 Å². The molecule has 0 radical (unpaired) electrons. The minimum absolute atomic E-state index is 0.250. The summed E-state index contributed by atoms with van der Waals surface area (Å²) in [5.74, 6) is -0.307. The van der Waals surface area contributed by atoms with Gasteiger partial charge in [0.05, 0.1) is 6.61 Å². The first-order chi connectivity index (χ1) is 8.72. The van der Waals surface area contributed by atoms with Crippen molar-refractivity contribution in [1.82, 2.24) is 0 Å². The molecule has 0 aromatic heterocycles. The highest BCUT2D eigenvalue weighted by Crippen LogP contribution is 2.08. The van der Waals surface area contributed by atoms with Crippen molar-refractivity contribution in [1.29, 1.82) is 0 Å². The standard InChI is InChI=1S/C13H24O2.CH2O2/c1-3-5-6-7-8-9-10-11-12-15-13(14)4-2;2-1-3/h4H,2-3,5-12H2,1H3;1H,(H,2,3). The average Bonchev–Trinajstić information content (AvgIpc) is 2.37. The van der Waals surface area contributed by atoms with E-state index in [0.717, 1.165) is 12.8 Å². The molecule has 0 aliphatic carbocycles. The highest BCUT2D eigenvalue weighted by Gasteiger charge is 1.95. The fraction of sp³-hybridized carbons (Fsp3) is 0.714. The molecular weight excluding hydrogens is 232 g/mol. The highest BCUT2D eigenvalue weighted by molar-refractivity contribution is 5.81. The van der Waals surface area contributed by atoms with Gasteiger partial charge in [-0.05, 0) is 6.42 Å². The van der Waals surface area contributed by atoms with Crippen LogP contribution in [0.1, 0.15) is 58.3 Å². The molecule has 106 valence electrons. The second-order valence-electron chi connectivity index (χ2n) is 3.95. The molecule has 0 atom stereocenters. The van der Waals surface area contributed by atoms with E-state index in [1.165, 1.54) is 44.6 Å². The molecule has 0 bridgehead atoms. The van der Waals surface area contributed by atoms with Gasteiger partial charge in [-0.2, -0.15) is 0 Å². The van der Waals surface area contributed by atoms with Crippen molar-refractivity contribution < 1.29 is 19.4 Å². The molecule has 0 saturated heterocycles. The Morgan fingerprint density at radius 2 is 1.56 bits per heavy atom. The molecule has 0 aromatic carbocycles. The predicted octanol–water partition coefficient (Wildman–Crippen LogP) is 3.56. The SMILES string of the molecule is C=CC(=O)OCCCCCCCCCC.O=CO. The zero-order valence-corrected chi connectivity index (χ0v) is 11.4. The van der Waals surface area contributed by atoms with Gasteiger partial charge in [0.25, 0.3) is 6.47 Å². The monoisotopic (exact) mass is 258 g/mol. The van der Waals surface area contributed by atoms with Gasteiger partial charge in [0.2, 0.25) is 0 Å². The van der Waals surface area contributed by atoms with Gasteiger partial charge in [0.1, 0.15) is 0 Å². The van der Waals surface area contributed by atoms with Crippen LogP contribution < -0.4 is 0 Å². The van der Waals surface area contributed by atoms with Gasteiger partial charge in [-0.25, -0.2) is 4.79 Å². The quantitative estimate of drug-likeness (QED) is 0.282. The molecule has 4 heteroatoms. The summed E-state index contributed by atoms with van der Waals surface area (Å²) >= 11 is 0. The Bertz CT molecular complexity index is 202. The summed E-state index contributed by atoms with van der Waals surface area (Å²) in [5, 5.41) is 6.89. The van der Waals surface area contributed by atoms with Crippen LogP contribution >= 0.6 is 0 Å². The molecule has 0 heterocycles. The molecule has 0 aliphatic heterocycles. The van der Waals surface area contributed by atoms with E-state index in [1.807, 2.05) is 0 Å². The molecule has 0 saturated carbocycles. The van der Waals surface area contributed by atoms with Crippen molar-refractivity contribution in [2.45, 2.75) is 58.3 Å². The van der Waals surface area contributed by atoms with E-state index in [-0.39, 0.29) is 12.4 Å². The summed E-state index contributed by atoms with van der Waals surface area (Å²) in [4.78, 5) is 19.0. The Morgan fingerprint density at radius 1 is 1.11 bits per heavy atom. The lowest BCUT2D eigenvalue weighted by molar-refractivity contribution is -0.137. The lowest BCUT2D eigenvalue weighted by Gasteiger charge is -2.02. The van der Waals surface area contributed by atoms with Gasteiger partial charge in [-0.15, -0.1) is 0 Å². The third-order valence-electron chi connectivity index (χ3n) is 2.41. The van der Waals surface area contributed by atoms with Crippen LogP contribution in [0, 0.1) is 0 Å². The Hall–Kier alpha value is -1.32. The summed E-state index contributed by atoms with van der Waals surface area (Å²) in [6.45, 7) is 5.86. The Balaban J connectivity index is 0. The maximum absolute atomic E-state index is 10.7. The van der Waals surface area contributed by atoms with Crippen LogP contribution in [0.5, 0.6) is 0 Å². The zero-order valence-electron chi connectivity index (χ0n) is 11.4. The summed E-state index contributed by atoms with van der Waals surface area (Å²) in [6, 6.07) is 0. The molecule has 0 aliphatic rings. The van der Waals surface area contributed by atoms with Crippen molar-refractivity contribution in [3.8, 4) is 0 Å². The minimum atomic E-state index is -0.307. The number of carbonyl (C=O) groups is 2. The first-order valence-corrected chi connectivity index (χ1v) is 6.59. The fourth-order valence-electron chi connectivity index (χ4n) is 1.47. The summed E-state index contributed by atoms with van der Waals surface area (Å²) in [6.07, 6.45) is 11.3. The molecule has 4 nitrogen and oxygen atoms in total. The van der Waals surface area contributed by atoms with Crippen LogP contribution in [0.15, 0.2) is 12.7 Å². The Labute approximate surface area is 110 Å². The first-order valence-electron chi connectivity index (χ1n) is 6.59. The normalized spacial score (nSPS) is 8.94. The molecule has 0 amide bonds. The molecule has 0 fully saturated rings. The topological polar surface area (TPSA) is 63.6 Å². The fourth-order valence-corrected chi connectivity index (χ4v) is 1.47. The summed E-state index contributed by atoms with van der Waals surface area (Å²) in [5.41, 5.74) is 0. The molecule has 1 N–H and O–H groups in total. The number of carboxylic acid groups (broad SMARTS) is 1. The number of esters is 1. The number of rotatable bonds is 10. The molecule has 18 heavy (non-hydrogen) atoms. The number of hydrogen-bond donors (Lipinski definition) is 1. The van der Waals surface area contributed by atoms with E-state index in [2.05, 4.69) is 13.5 Å². The van der Waals surface area contributed by atoms with Crippen LogP contribution in [-0.4, -0.2) is 24.2 Å². The van der Waals surface area contributed by atoms with Gasteiger partial charge in [-0.1, -0.05) is 58.4 Å². The van der Waals surface area contributed by atoms with Gasteiger partial charge in [0.15, 0.2) is 0 Å². The minimum Gasteiger partial charge on any atom is -0.483 e. The van der Waals surface area contributed by atoms with E-state index < -0.39 is 0 Å². The number of unbranched alkanes of at least 4 members (excludes halogenated alkanes) is 7. The number of hydrogen-bond acceptors (Lipinski definition) is 3. The van der Waals surface area contributed by atoms with Crippen LogP contribution in [-0.2, 0) is 14.3 Å². The van der Waals surface area contributed by atoms with Gasteiger partial charge in [0, 0.05) is 6.08 Å². The van der Waals surface area contributed by atoms with Crippen molar-refractivity contribution in [2.24, 2.45) is 0 Å². The maximum Gasteiger partial charge on any atom is 0.330 e. The second-order valence-corrected chi connectivity index (χ2v) is 3.95. The number of carbonyl (C=O) groups excluding carboxylic acids is 1. The molecule has 0 spiro atoms.